The fourth-order valence-corrected chi connectivity index (χ4v) is 2.33. The zero-order valence-electron chi connectivity index (χ0n) is 9.33. The van der Waals surface area contributed by atoms with Crippen molar-refractivity contribution < 1.29 is 4.39 Å². The molecule has 0 aliphatic carbocycles. The molecule has 0 aliphatic rings. The summed E-state index contributed by atoms with van der Waals surface area (Å²) in [6.07, 6.45) is 0. The highest BCUT2D eigenvalue weighted by molar-refractivity contribution is 7.10. The van der Waals surface area contributed by atoms with Gasteiger partial charge in [-0.3, -0.25) is 0 Å². The van der Waals surface area contributed by atoms with Crippen LogP contribution in [0.15, 0.2) is 35.7 Å². The number of benzene rings is 1. The summed E-state index contributed by atoms with van der Waals surface area (Å²) < 4.78 is 13.1. The van der Waals surface area contributed by atoms with Crippen molar-refractivity contribution in [3.63, 3.8) is 0 Å². The molecule has 0 fully saturated rings. The van der Waals surface area contributed by atoms with Crippen LogP contribution in [0, 0.1) is 12.7 Å². The summed E-state index contributed by atoms with van der Waals surface area (Å²) in [7, 11) is 0. The highest BCUT2D eigenvalue weighted by Crippen LogP contribution is 2.25. The zero-order chi connectivity index (χ0) is 11.5. The summed E-state index contributed by atoms with van der Waals surface area (Å²) in [5.41, 5.74) is 1.92. The van der Waals surface area contributed by atoms with Gasteiger partial charge in [0.05, 0.1) is 6.04 Å². The highest BCUT2D eigenvalue weighted by atomic mass is 32.1. The molecule has 1 N–H and O–H groups in total. The van der Waals surface area contributed by atoms with Crippen LogP contribution in [0.3, 0.4) is 0 Å². The van der Waals surface area contributed by atoms with Gasteiger partial charge in [0.2, 0.25) is 0 Å². The molecule has 0 aliphatic heterocycles. The van der Waals surface area contributed by atoms with Gasteiger partial charge in [0.1, 0.15) is 5.82 Å². The lowest BCUT2D eigenvalue weighted by molar-refractivity contribution is 0.627. The largest absolute Gasteiger partial charge is 0.377 e. The second-order valence-electron chi connectivity index (χ2n) is 3.84. The fraction of sp³-hybridized carbons (Fsp3) is 0.231. The van der Waals surface area contributed by atoms with Crippen molar-refractivity contribution in [1.82, 2.24) is 0 Å². The van der Waals surface area contributed by atoms with Gasteiger partial charge in [0.25, 0.3) is 0 Å². The van der Waals surface area contributed by atoms with E-state index in [2.05, 4.69) is 18.3 Å². The number of thiophene rings is 1. The molecule has 0 saturated heterocycles. The molecule has 0 bridgehead atoms. The first kappa shape index (κ1) is 11.1. The summed E-state index contributed by atoms with van der Waals surface area (Å²) in [6, 6.07) is 9.13. The third-order valence-corrected chi connectivity index (χ3v) is 3.60. The summed E-state index contributed by atoms with van der Waals surface area (Å²) in [4.78, 5) is 1.25. The summed E-state index contributed by atoms with van der Waals surface area (Å²) >= 11 is 1.70. The standard InChI is InChI=1S/C13H14FNS/c1-9-5-6-11(14)8-12(9)15-10(2)13-4-3-7-16-13/h3-8,10,15H,1-2H3. The van der Waals surface area contributed by atoms with Gasteiger partial charge in [-0.1, -0.05) is 12.1 Å². The molecule has 0 radical (unpaired) electrons. The second-order valence-corrected chi connectivity index (χ2v) is 4.82. The van der Waals surface area contributed by atoms with Crippen molar-refractivity contribution in [1.29, 1.82) is 0 Å². The molecule has 1 aromatic heterocycles. The summed E-state index contributed by atoms with van der Waals surface area (Å²) in [5.74, 6) is -0.202. The van der Waals surface area contributed by atoms with Gasteiger partial charge in [0.15, 0.2) is 0 Å². The molecule has 0 spiro atoms. The van der Waals surface area contributed by atoms with Crippen molar-refractivity contribution >= 4 is 17.0 Å². The van der Waals surface area contributed by atoms with E-state index in [-0.39, 0.29) is 11.9 Å². The monoisotopic (exact) mass is 235 g/mol. The SMILES string of the molecule is Cc1ccc(F)cc1NC(C)c1cccs1. The Labute approximate surface area is 98.9 Å². The first-order valence-corrected chi connectivity index (χ1v) is 6.11. The molecule has 84 valence electrons. The maximum absolute atomic E-state index is 13.1. The van der Waals surface area contributed by atoms with E-state index in [1.54, 1.807) is 23.5 Å². The smallest absolute Gasteiger partial charge is 0.125 e. The van der Waals surface area contributed by atoms with Crippen LogP contribution in [0.25, 0.3) is 0 Å². The normalized spacial score (nSPS) is 12.4. The van der Waals surface area contributed by atoms with E-state index in [0.29, 0.717) is 0 Å². The van der Waals surface area contributed by atoms with Crippen LogP contribution in [0.5, 0.6) is 0 Å². The van der Waals surface area contributed by atoms with E-state index in [1.165, 1.54) is 10.9 Å². The topological polar surface area (TPSA) is 12.0 Å². The lowest BCUT2D eigenvalue weighted by Gasteiger charge is -2.15. The summed E-state index contributed by atoms with van der Waals surface area (Å²) in [5, 5.41) is 5.37. The maximum Gasteiger partial charge on any atom is 0.125 e. The Morgan fingerprint density at radius 1 is 1.31 bits per heavy atom. The van der Waals surface area contributed by atoms with Crippen LogP contribution < -0.4 is 5.32 Å². The fourth-order valence-electron chi connectivity index (χ4n) is 1.59. The quantitative estimate of drug-likeness (QED) is 0.833. The predicted octanol–water partition coefficient (Wildman–Crippen LogP) is 4.37. The molecular weight excluding hydrogens is 221 g/mol. The van der Waals surface area contributed by atoms with E-state index in [4.69, 9.17) is 0 Å². The number of aryl methyl sites for hydroxylation is 1. The van der Waals surface area contributed by atoms with E-state index < -0.39 is 0 Å². The van der Waals surface area contributed by atoms with Crippen LogP contribution in [0.1, 0.15) is 23.4 Å². The molecule has 2 aromatic rings. The third kappa shape index (κ3) is 2.42. The Morgan fingerprint density at radius 3 is 2.81 bits per heavy atom. The maximum atomic E-state index is 13.1. The molecule has 1 nitrogen and oxygen atoms in total. The molecule has 0 amide bonds. The number of rotatable bonds is 3. The lowest BCUT2D eigenvalue weighted by atomic mass is 10.1. The van der Waals surface area contributed by atoms with E-state index in [9.17, 15) is 4.39 Å². The molecular formula is C13H14FNS. The van der Waals surface area contributed by atoms with Gasteiger partial charge in [-0.05, 0) is 43.0 Å². The average molecular weight is 235 g/mol. The Morgan fingerprint density at radius 2 is 2.12 bits per heavy atom. The lowest BCUT2D eigenvalue weighted by Crippen LogP contribution is -2.06. The van der Waals surface area contributed by atoms with E-state index >= 15 is 0 Å². The predicted molar refractivity (Wildman–Crippen MR) is 67.5 cm³/mol. The molecule has 3 heteroatoms. The van der Waals surface area contributed by atoms with Crippen molar-refractivity contribution in [2.24, 2.45) is 0 Å². The molecule has 1 aromatic carbocycles. The van der Waals surface area contributed by atoms with Crippen molar-refractivity contribution in [3.8, 4) is 0 Å². The van der Waals surface area contributed by atoms with Gasteiger partial charge in [-0.25, -0.2) is 4.39 Å². The average Bonchev–Trinajstić information content (AvgIpc) is 2.76. The Balaban J connectivity index is 2.17. The Hall–Kier alpha value is -1.35. The van der Waals surface area contributed by atoms with Crippen LogP contribution >= 0.6 is 11.3 Å². The number of hydrogen-bond donors (Lipinski definition) is 1. The minimum Gasteiger partial charge on any atom is -0.377 e. The minimum atomic E-state index is -0.202. The van der Waals surface area contributed by atoms with E-state index in [0.717, 1.165) is 11.3 Å². The highest BCUT2D eigenvalue weighted by Gasteiger charge is 2.08. The van der Waals surface area contributed by atoms with Gasteiger partial charge in [-0.2, -0.15) is 0 Å². The Bertz CT molecular complexity index is 465. The third-order valence-electron chi connectivity index (χ3n) is 2.54. The van der Waals surface area contributed by atoms with Crippen LogP contribution in [-0.4, -0.2) is 0 Å². The van der Waals surface area contributed by atoms with Crippen molar-refractivity contribution in [3.05, 3.63) is 52.0 Å². The van der Waals surface area contributed by atoms with Crippen LogP contribution in [0.4, 0.5) is 10.1 Å². The molecule has 2 rings (SSSR count). The minimum absolute atomic E-state index is 0.202. The van der Waals surface area contributed by atoms with Crippen molar-refractivity contribution in [2.75, 3.05) is 5.32 Å². The van der Waals surface area contributed by atoms with E-state index in [1.807, 2.05) is 18.4 Å². The Kier molecular flexibility index (Phi) is 3.25. The molecule has 16 heavy (non-hydrogen) atoms. The zero-order valence-corrected chi connectivity index (χ0v) is 10.1. The van der Waals surface area contributed by atoms with Crippen molar-refractivity contribution in [2.45, 2.75) is 19.9 Å². The van der Waals surface area contributed by atoms with Gasteiger partial charge < -0.3 is 5.32 Å². The molecule has 1 unspecified atom stereocenters. The van der Waals surface area contributed by atoms with Gasteiger partial charge >= 0.3 is 0 Å². The number of anilines is 1. The van der Waals surface area contributed by atoms with Gasteiger partial charge in [0, 0.05) is 10.6 Å². The summed E-state index contributed by atoms with van der Waals surface area (Å²) in [6.45, 7) is 4.05. The first-order valence-electron chi connectivity index (χ1n) is 5.23. The first-order chi connectivity index (χ1) is 7.66. The molecule has 1 heterocycles. The molecule has 0 saturated carbocycles. The van der Waals surface area contributed by atoms with Gasteiger partial charge in [-0.15, -0.1) is 11.3 Å². The van der Waals surface area contributed by atoms with Crippen LogP contribution in [0.2, 0.25) is 0 Å². The number of hydrogen-bond acceptors (Lipinski definition) is 2. The molecule has 1 atom stereocenters. The number of nitrogens with one attached hydrogen (secondary N) is 1. The number of halogens is 1. The second kappa shape index (κ2) is 4.66. The van der Waals surface area contributed by atoms with Crippen LogP contribution in [-0.2, 0) is 0 Å².